The predicted octanol–water partition coefficient (Wildman–Crippen LogP) is 0.575. The first-order valence-corrected chi connectivity index (χ1v) is 7.36. The van der Waals surface area contributed by atoms with Gasteiger partial charge in [0.25, 0.3) is 0 Å². The molecule has 8 heteroatoms. The molecule has 2 aromatic heterocycles. The second kappa shape index (κ2) is 5.76. The van der Waals surface area contributed by atoms with Gasteiger partial charge in [0.2, 0.25) is 5.95 Å². The molecule has 0 aliphatic rings. The lowest BCUT2D eigenvalue weighted by Crippen LogP contribution is -2.09. The summed E-state index contributed by atoms with van der Waals surface area (Å²) in [7, 11) is 1.01. The van der Waals surface area contributed by atoms with Crippen LogP contribution >= 0.6 is 0 Å². The van der Waals surface area contributed by atoms with E-state index in [4.69, 9.17) is 0 Å². The van der Waals surface area contributed by atoms with E-state index >= 15 is 0 Å². The Balaban J connectivity index is 2.10. The van der Waals surface area contributed by atoms with E-state index in [2.05, 4.69) is 30.6 Å². The Kier molecular flexibility index (Phi) is 4.08. The molecule has 2 aromatic rings. The van der Waals surface area contributed by atoms with Gasteiger partial charge in [0, 0.05) is 36.4 Å². The second-order valence-electron chi connectivity index (χ2n) is 3.80. The number of nitrogens with one attached hydrogen (secondary N) is 3. The van der Waals surface area contributed by atoms with Crippen molar-refractivity contribution >= 4 is 33.7 Å². The van der Waals surface area contributed by atoms with E-state index in [1.165, 1.54) is 0 Å². The van der Waals surface area contributed by atoms with Crippen molar-refractivity contribution < 1.29 is 4.21 Å². The summed E-state index contributed by atoms with van der Waals surface area (Å²) in [5, 5.41) is 6.10. The fraction of sp³-hybridized carbons (Fsp3) is 0.500. The fourth-order valence-electron chi connectivity index (χ4n) is 1.56. The molecule has 18 heavy (non-hydrogen) atoms. The van der Waals surface area contributed by atoms with Crippen LogP contribution in [0.2, 0.25) is 0 Å². The Hall–Kier alpha value is -1.70. The molecule has 0 aliphatic carbocycles. The van der Waals surface area contributed by atoms with Gasteiger partial charge in [-0.3, -0.25) is 4.21 Å². The van der Waals surface area contributed by atoms with Gasteiger partial charge in [-0.05, 0) is 6.42 Å². The lowest BCUT2D eigenvalue weighted by molar-refractivity contribution is 0.685. The van der Waals surface area contributed by atoms with E-state index in [9.17, 15) is 4.21 Å². The van der Waals surface area contributed by atoms with Crippen LogP contribution in [0.3, 0.4) is 0 Å². The molecule has 0 saturated heterocycles. The maximum Gasteiger partial charge on any atom is 0.226 e. The van der Waals surface area contributed by atoms with Crippen molar-refractivity contribution in [1.82, 2.24) is 19.9 Å². The van der Waals surface area contributed by atoms with Crippen LogP contribution in [0.5, 0.6) is 0 Å². The largest absolute Gasteiger partial charge is 0.368 e. The van der Waals surface area contributed by atoms with Crippen molar-refractivity contribution in [3.8, 4) is 0 Å². The standard InChI is InChI=1S/C10H16N6OS/c1-11-10-15-8(12-4-3-5-18(2)17)7-9(16-10)14-6-13-7/h6H,3-5H2,1-2H3,(H3,11,12,13,14,15,16). The van der Waals surface area contributed by atoms with Crippen LogP contribution in [0.15, 0.2) is 6.33 Å². The van der Waals surface area contributed by atoms with Crippen LogP contribution in [-0.2, 0) is 10.8 Å². The highest BCUT2D eigenvalue weighted by molar-refractivity contribution is 7.84. The highest BCUT2D eigenvalue weighted by atomic mass is 32.2. The number of H-pyrrole nitrogens is 1. The normalized spacial score (nSPS) is 12.6. The molecule has 0 amide bonds. The van der Waals surface area contributed by atoms with E-state index in [1.807, 2.05) is 0 Å². The van der Waals surface area contributed by atoms with Crippen LogP contribution in [0.4, 0.5) is 11.8 Å². The highest BCUT2D eigenvalue weighted by Gasteiger charge is 2.08. The smallest absolute Gasteiger partial charge is 0.226 e. The summed E-state index contributed by atoms with van der Waals surface area (Å²) in [6.07, 6.45) is 4.12. The first-order valence-electron chi connectivity index (χ1n) is 5.63. The zero-order valence-electron chi connectivity index (χ0n) is 10.4. The highest BCUT2D eigenvalue weighted by Crippen LogP contribution is 2.18. The van der Waals surface area contributed by atoms with Gasteiger partial charge in [0.05, 0.1) is 6.33 Å². The monoisotopic (exact) mass is 268 g/mol. The van der Waals surface area contributed by atoms with Gasteiger partial charge in [-0.1, -0.05) is 0 Å². The maximum absolute atomic E-state index is 11.0. The SMILES string of the molecule is CNc1nc(NCCCS(C)=O)c2[nH]cnc2n1. The molecule has 3 N–H and O–H groups in total. The molecule has 0 radical (unpaired) electrons. The average Bonchev–Trinajstić information content (AvgIpc) is 2.82. The van der Waals surface area contributed by atoms with Crippen molar-refractivity contribution in [2.75, 3.05) is 36.2 Å². The first kappa shape index (κ1) is 12.7. The molecular weight excluding hydrogens is 252 g/mol. The lowest BCUT2D eigenvalue weighted by atomic mass is 10.4. The number of rotatable bonds is 6. The third-order valence-electron chi connectivity index (χ3n) is 2.41. The summed E-state index contributed by atoms with van der Waals surface area (Å²) in [5.41, 5.74) is 1.41. The number of aromatic nitrogens is 4. The number of nitrogens with zero attached hydrogens (tertiary/aromatic N) is 3. The minimum atomic E-state index is -0.754. The molecule has 0 spiro atoms. The van der Waals surface area contributed by atoms with Gasteiger partial charge < -0.3 is 15.6 Å². The van der Waals surface area contributed by atoms with Crippen LogP contribution in [-0.4, -0.2) is 49.7 Å². The Labute approximate surface area is 107 Å². The summed E-state index contributed by atoms with van der Waals surface area (Å²) in [4.78, 5) is 15.7. The number of aromatic amines is 1. The Bertz CT molecular complexity index is 554. The van der Waals surface area contributed by atoms with E-state index < -0.39 is 10.8 Å². The second-order valence-corrected chi connectivity index (χ2v) is 5.36. The van der Waals surface area contributed by atoms with E-state index in [0.29, 0.717) is 29.7 Å². The topological polar surface area (TPSA) is 95.6 Å². The molecule has 1 atom stereocenters. The van der Waals surface area contributed by atoms with Gasteiger partial charge in [-0.25, -0.2) is 4.98 Å². The van der Waals surface area contributed by atoms with E-state index in [0.717, 1.165) is 11.9 Å². The molecule has 0 saturated carbocycles. The Morgan fingerprint density at radius 2 is 2.28 bits per heavy atom. The van der Waals surface area contributed by atoms with Crippen molar-refractivity contribution in [2.24, 2.45) is 0 Å². The maximum atomic E-state index is 11.0. The number of hydrogen-bond donors (Lipinski definition) is 3. The van der Waals surface area contributed by atoms with Crippen molar-refractivity contribution in [1.29, 1.82) is 0 Å². The van der Waals surface area contributed by atoms with Crippen molar-refractivity contribution in [2.45, 2.75) is 6.42 Å². The molecule has 2 rings (SSSR count). The third kappa shape index (κ3) is 2.95. The van der Waals surface area contributed by atoms with E-state index in [-0.39, 0.29) is 0 Å². The molecular formula is C10H16N6OS. The van der Waals surface area contributed by atoms with Gasteiger partial charge in [0.1, 0.15) is 5.52 Å². The lowest BCUT2D eigenvalue weighted by Gasteiger charge is -2.07. The van der Waals surface area contributed by atoms with Crippen LogP contribution in [0, 0.1) is 0 Å². The minimum absolute atomic E-state index is 0.524. The molecule has 0 aromatic carbocycles. The predicted molar refractivity (Wildman–Crippen MR) is 73.3 cm³/mol. The van der Waals surface area contributed by atoms with E-state index in [1.54, 1.807) is 19.6 Å². The minimum Gasteiger partial charge on any atom is -0.368 e. The Morgan fingerprint density at radius 1 is 1.44 bits per heavy atom. The average molecular weight is 268 g/mol. The quantitative estimate of drug-likeness (QED) is 0.663. The van der Waals surface area contributed by atoms with Crippen LogP contribution < -0.4 is 10.6 Å². The summed E-state index contributed by atoms with van der Waals surface area (Å²) in [5.74, 6) is 1.92. The van der Waals surface area contributed by atoms with Crippen LogP contribution in [0.1, 0.15) is 6.42 Å². The molecule has 0 aliphatic heterocycles. The number of imidazole rings is 1. The summed E-state index contributed by atoms with van der Waals surface area (Å²) < 4.78 is 11.0. The first-order chi connectivity index (χ1) is 8.70. The Morgan fingerprint density at radius 3 is 3.00 bits per heavy atom. The van der Waals surface area contributed by atoms with Crippen molar-refractivity contribution in [3.05, 3.63) is 6.33 Å². The van der Waals surface area contributed by atoms with Gasteiger partial charge in [-0.15, -0.1) is 0 Å². The molecule has 2 heterocycles. The molecule has 98 valence electrons. The van der Waals surface area contributed by atoms with Gasteiger partial charge in [-0.2, -0.15) is 9.97 Å². The summed E-state index contributed by atoms with van der Waals surface area (Å²) in [6, 6.07) is 0. The number of fused-ring (bicyclic) bond motifs is 1. The zero-order valence-corrected chi connectivity index (χ0v) is 11.2. The molecule has 0 bridgehead atoms. The summed E-state index contributed by atoms with van der Waals surface area (Å²) in [6.45, 7) is 0.716. The molecule has 1 unspecified atom stereocenters. The fourth-order valence-corrected chi connectivity index (χ4v) is 2.11. The zero-order chi connectivity index (χ0) is 13.0. The molecule has 0 fully saturated rings. The molecule has 7 nitrogen and oxygen atoms in total. The number of hydrogen-bond acceptors (Lipinski definition) is 6. The van der Waals surface area contributed by atoms with Crippen molar-refractivity contribution in [3.63, 3.8) is 0 Å². The number of anilines is 2. The third-order valence-corrected chi connectivity index (χ3v) is 3.27. The van der Waals surface area contributed by atoms with Gasteiger partial charge in [0.15, 0.2) is 11.5 Å². The summed E-state index contributed by atoms with van der Waals surface area (Å²) >= 11 is 0. The van der Waals surface area contributed by atoms with Gasteiger partial charge >= 0.3 is 0 Å². The van der Waals surface area contributed by atoms with Crippen LogP contribution in [0.25, 0.3) is 11.2 Å².